The van der Waals surface area contributed by atoms with Crippen molar-refractivity contribution in [2.24, 2.45) is 5.41 Å². The Balaban J connectivity index is 2.23. The number of carbonyl (C=O) groups is 1. The molecule has 3 heterocycles. The first-order valence-corrected chi connectivity index (χ1v) is 11.1. The van der Waals surface area contributed by atoms with Crippen molar-refractivity contribution in [2.45, 2.75) is 32.3 Å². The highest BCUT2D eigenvalue weighted by Crippen LogP contribution is 2.32. The number of hydrogen-bond acceptors (Lipinski definition) is 5. The van der Waals surface area contributed by atoms with E-state index in [0.29, 0.717) is 3.97 Å². The monoisotopic (exact) mass is 482 g/mol. The third kappa shape index (κ3) is 5.16. The van der Waals surface area contributed by atoms with Crippen LogP contribution in [0.5, 0.6) is 0 Å². The summed E-state index contributed by atoms with van der Waals surface area (Å²) in [5.74, 6) is -3.38. The Morgan fingerprint density at radius 2 is 1.85 bits per heavy atom. The van der Waals surface area contributed by atoms with Gasteiger partial charge in [-0.05, 0) is 29.7 Å². The van der Waals surface area contributed by atoms with Crippen molar-refractivity contribution >= 4 is 16.1 Å². The van der Waals surface area contributed by atoms with Gasteiger partial charge in [-0.25, -0.2) is 23.1 Å². The zero-order chi connectivity index (χ0) is 24.6. The van der Waals surface area contributed by atoms with Crippen LogP contribution in [0.4, 0.5) is 18.0 Å². The smallest absolute Gasteiger partial charge is 0.407 e. The lowest BCUT2D eigenvalue weighted by molar-refractivity contribution is 0.122. The van der Waals surface area contributed by atoms with Crippen molar-refractivity contribution in [2.75, 3.05) is 6.54 Å². The summed E-state index contributed by atoms with van der Waals surface area (Å²) >= 11 is 0. The molecule has 12 heteroatoms. The average molecular weight is 482 g/mol. The summed E-state index contributed by atoms with van der Waals surface area (Å²) in [5.41, 5.74) is -1.98. The lowest BCUT2D eigenvalue weighted by Crippen LogP contribution is -2.36. The number of aromatic nitrogens is 3. The first kappa shape index (κ1) is 24.2. The van der Waals surface area contributed by atoms with E-state index in [1.165, 1.54) is 6.07 Å². The van der Waals surface area contributed by atoms with Crippen molar-refractivity contribution in [1.29, 1.82) is 0 Å². The molecule has 3 aromatic rings. The third-order valence-corrected chi connectivity index (χ3v) is 6.07. The predicted octanol–water partition coefficient (Wildman–Crippen LogP) is 4.13. The van der Waals surface area contributed by atoms with E-state index in [0.717, 1.165) is 41.6 Å². The third-order valence-electron chi connectivity index (χ3n) is 4.51. The van der Waals surface area contributed by atoms with Crippen LogP contribution in [0.3, 0.4) is 0 Å². The zero-order valence-corrected chi connectivity index (χ0v) is 18.8. The van der Waals surface area contributed by atoms with E-state index >= 15 is 4.39 Å². The Morgan fingerprint density at radius 3 is 2.42 bits per heavy atom. The van der Waals surface area contributed by atoms with Gasteiger partial charge in [0, 0.05) is 24.5 Å². The normalized spacial score (nSPS) is 12.1. The molecule has 0 unspecified atom stereocenters. The van der Waals surface area contributed by atoms with E-state index in [4.69, 9.17) is 0 Å². The average Bonchev–Trinajstić information content (AvgIpc) is 3.03. The molecular formula is C21H21F3N4O4S. The maximum Gasteiger partial charge on any atom is 0.407 e. The molecular weight excluding hydrogens is 461 g/mol. The number of halogens is 3. The van der Waals surface area contributed by atoms with Crippen LogP contribution in [0.25, 0.3) is 11.3 Å². The van der Waals surface area contributed by atoms with Crippen LogP contribution < -0.4 is 0 Å². The fourth-order valence-electron chi connectivity index (χ4n) is 3.21. The maximum absolute atomic E-state index is 15.5. The Hall–Kier alpha value is -3.41. The number of amides is 1. The lowest BCUT2D eigenvalue weighted by Gasteiger charge is -2.27. The van der Waals surface area contributed by atoms with Crippen LogP contribution in [-0.2, 0) is 16.6 Å². The van der Waals surface area contributed by atoms with Crippen molar-refractivity contribution in [1.82, 2.24) is 18.8 Å². The van der Waals surface area contributed by atoms with Gasteiger partial charge in [0.2, 0.25) is 11.9 Å². The van der Waals surface area contributed by atoms with Gasteiger partial charge in [-0.15, -0.1) is 0 Å². The molecule has 176 valence electrons. The highest BCUT2D eigenvalue weighted by Gasteiger charge is 2.31. The molecule has 33 heavy (non-hydrogen) atoms. The van der Waals surface area contributed by atoms with Gasteiger partial charge in [-0.3, -0.25) is 0 Å². The Morgan fingerprint density at radius 1 is 1.15 bits per heavy atom. The van der Waals surface area contributed by atoms with Gasteiger partial charge in [0.15, 0.2) is 10.8 Å². The van der Waals surface area contributed by atoms with E-state index in [1.807, 2.05) is 0 Å². The molecule has 0 bridgehead atoms. The van der Waals surface area contributed by atoms with Crippen molar-refractivity contribution < 1.29 is 31.5 Å². The SMILES string of the molecule is CC(C)(C)CN(Cc1cn(S(=O)(=O)c2cccc(F)n2)c(-c2cccnc2F)c1F)C(=O)O. The molecule has 8 nitrogen and oxygen atoms in total. The second-order valence-electron chi connectivity index (χ2n) is 8.46. The van der Waals surface area contributed by atoms with Crippen molar-refractivity contribution in [3.05, 3.63) is 66.0 Å². The number of hydrogen-bond donors (Lipinski definition) is 1. The lowest BCUT2D eigenvalue weighted by atomic mass is 9.96. The molecule has 0 fully saturated rings. The topological polar surface area (TPSA) is 105 Å². The van der Waals surface area contributed by atoms with Crippen molar-refractivity contribution in [3.8, 4) is 11.3 Å². The summed E-state index contributed by atoms with van der Waals surface area (Å²) < 4.78 is 70.4. The van der Waals surface area contributed by atoms with Gasteiger partial charge in [0.25, 0.3) is 10.0 Å². The fraction of sp³-hybridized carbons (Fsp3) is 0.286. The Kier molecular flexibility index (Phi) is 6.50. The largest absolute Gasteiger partial charge is 0.465 e. The molecule has 0 atom stereocenters. The Labute approximate surface area is 188 Å². The van der Waals surface area contributed by atoms with Gasteiger partial charge in [-0.2, -0.15) is 17.2 Å². The Bertz CT molecular complexity index is 1300. The number of rotatable bonds is 6. The number of pyridine rings is 2. The minimum Gasteiger partial charge on any atom is -0.465 e. The van der Waals surface area contributed by atoms with Crippen LogP contribution in [-0.4, -0.2) is 45.0 Å². The minimum absolute atomic E-state index is 0.0156. The molecule has 0 aromatic carbocycles. The second kappa shape index (κ2) is 8.85. The molecule has 0 saturated heterocycles. The molecule has 3 rings (SSSR count). The van der Waals surface area contributed by atoms with Crippen LogP contribution in [0.2, 0.25) is 0 Å². The summed E-state index contributed by atoms with van der Waals surface area (Å²) in [6, 6.07) is 5.45. The fourth-order valence-corrected chi connectivity index (χ4v) is 4.55. The summed E-state index contributed by atoms with van der Waals surface area (Å²) in [4.78, 5) is 19.4. The zero-order valence-electron chi connectivity index (χ0n) is 18.0. The summed E-state index contributed by atoms with van der Waals surface area (Å²) in [6.07, 6.45) is 0.599. The van der Waals surface area contributed by atoms with Crippen molar-refractivity contribution in [3.63, 3.8) is 0 Å². The van der Waals surface area contributed by atoms with Crippen LogP contribution in [0.1, 0.15) is 26.3 Å². The highest BCUT2D eigenvalue weighted by molar-refractivity contribution is 7.90. The maximum atomic E-state index is 15.5. The summed E-state index contributed by atoms with van der Waals surface area (Å²) in [5, 5.41) is 8.81. The van der Waals surface area contributed by atoms with Gasteiger partial charge in [0.1, 0.15) is 5.69 Å². The summed E-state index contributed by atoms with van der Waals surface area (Å²) in [7, 11) is -4.68. The molecule has 0 saturated carbocycles. The molecule has 0 spiro atoms. The van der Waals surface area contributed by atoms with Crippen LogP contribution in [0, 0.1) is 23.1 Å². The molecule has 0 aliphatic rings. The first-order valence-electron chi connectivity index (χ1n) is 9.68. The van der Waals surface area contributed by atoms with Gasteiger partial charge in [-0.1, -0.05) is 26.8 Å². The van der Waals surface area contributed by atoms with Crippen LogP contribution >= 0.6 is 0 Å². The van der Waals surface area contributed by atoms with E-state index in [1.54, 1.807) is 20.8 Å². The summed E-state index contributed by atoms with van der Waals surface area (Å²) in [6.45, 7) is 4.84. The minimum atomic E-state index is -4.68. The molecule has 0 aliphatic heterocycles. The second-order valence-corrected chi connectivity index (χ2v) is 10.2. The van der Waals surface area contributed by atoms with E-state index in [2.05, 4.69) is 9.97 Å². The van der Waals surface area contributed by atoms with E-state index in [-0.39, 0.29) is 12.1 Å². The molecule has 0 aliphatic carbocycles. The van der Waals surface area contributed by atoms with E-state index < -0.39 is 62.1 Å². The first-order chi connectivity index (χ1) is 15.3. The van der Waals surface area contributed by atoms with Gasteiger partial charge >= 0.3 is 6.09 Å². The number of carboxylic acid groups (broad SMARTS) is 1. The molecule has 0 radical (unpaired) electrons. The van der Waals surface area contributed by atoms with Gasteiger partial charge < -0.3 is 10.0 Å². The van der Waals surface area contributed by atoms with Crippen LogP contribution in [0.15, 0.2) is 47.8 Å². The molecule has 1 amide bonds. The molecule has 3 aromatic heterocycles. The highest BCUT2D eigenvalue weighted by atomic mass is 32.2. The van der Waals surface area contributed by atoms with Gasteiger partial charge in [0.05, 0.1) is 12.1 Å². The van der Waals surface area contributed by atoms with E-state index in [9.17, 15) is 27.1 Å². The predicted molar refractivity (Wildman–Crippen MR) is 112 cm³/mol. The quantitative estimate of drug-likeness (QED) is 0.530. The number of nitrogens with zero attached hydrogens (tertiary/aromatic N) is 4. The molecule has 1 N–H and O–H groups in total. The standard InChI is InChI=1S/C21H21F3N4O4S/c1-21(2,3)12-27(20(29)30)10-13-11-28(33(31,32)16-8-4-7-15(22)26-16)18(17(13)23)14-6-5-9-25-19(14)24/h4-9,11H,10,12H2,1-3H3,(H,29,30).